The van der Waals surface area contributed by atoms with Gasteiger partial charge in [-0.25, -0.2) is 0 Å². The first-order chi connectivity index (χ1) is 11.4. The largest absolute Gasteiger partial charge is 0.0888 e. The number of unbranched alkanes of at least 4 members (excludes halogenated alkanes) is 17. The molecule has 0 radical (unpaired) electrons. The summed E-state index contributed by atoms with van der Waals surface area (Å²) in [6, 6.07) is 0. The van der Waals surface area contributed by atoms with E-state index >= 15 is 0 Å². The van der Waals surface area contributed by atoms with E-state index in [1.54, 1.807) is 0 Å². The minimum absolute atomic E-state index is 1.19. The van der Waals surface area contributed by atoms with Gasteiger partial charge in [-0.3, -0.25) is 0 Å². The fourth-order valence-corrected chi connectivity index (χ4v) is 3.27. The zero-order valence-corrected chi connectivity index (χ0v) is 16.6. The Morgan fingerprint density at radius 2 is 0.739 bits per heavy atom. The molecule has 0 heterocycles. The summed E-state index contributed by atoms with van der Waals surface area (Å²) in [6.45, 7) is 4.51. The van der Waals surface area contributed by atoms with Gasteiger partial charge in [-0.15, -0.1) is 0 Å². The van der Waals surface area contributed by atoms with Crippen molar-refractivity contribution in [3.63, 3.8) is 0 Å². The Kier molecular flexibility index (Phi) is 21.5. The van der Waals surface area contributed by atoms with E-state index in [2.05, 4.69) is 26.0 Å². The lowest BCUT2D eigenvalue weighted by molar-refractivity contribution is 0.527. The van der Waals surface area contributed by atoms with Crippen LogP contribution in [0.15, 0.2) is 12.2 Å². The number of allylic oxidation sites excluding steroid dienone is 2. The molecular formula is C23H46. The minimum atomic E-state index is 1.19. The Bertz CT molecular complexity index is 216. The normalized spacial score (nSPS) is 11.6. The standard InChI is InChI=1S/C23H46/c1-3-5-7-9-11-13-15-17-19-21-23-22-20-18-16-14-12-10-8-6-4-2/h5,7H,3-4,6,8-23H2,1-2H3/b7-5-. The fraction of sp³-hybridized carbons (Fsp3) is 0.913. The predicted molar refractivity (Wildman–Crippen MR) is 108 cm³/mol. The van der Waals surface area contributed by atoms with Crippen LogP contribution in [0.5, 0.6) is 0 Å². The van der Waals surface area contributed by atoms with Crippen molar-refractivity contribution in [2.75, 3.05) is 0 Å². The third-order valence-corrected chi connectivity index (χ3v) is 4.88. The van der Waals surface area contributed by atoms with Gasteiger partial charge in [0.25, 0.3) is 0 Å². The summed E-state index contributed by atoms with van der Waals surface area (Å²) in [4.78, 5) is 0. The molecule has 0 spiro atoms. The summed E-state index contributed by atoms with van der Waals surface area (Å²) < 4.78 is 0. The van der Waals surface area contributed by atoms with Gasteiger partial charge >= 0.3 is 0 Å². The first-order valence-electron chi connectivity index (χ1n) is 11.1. The van der Waals surface area contributed by atoms with Crippen molar-refractivity contribution in [2.24, 2.45) is 0 Å². The predicted octanol–water partition coefficient (Wildman–Crippen LogP) is 8.99. The molecule has 0 saturated carbocycles. The third-order valence-electron chi connectivity index (χ3n) is 4.88. The van der Waals surface area contributed by atoms with Gasteiger partial charge in [0.1, 0.15) is 0 Å². The van der Waals surface area contributed by atoms with Gasteiger partial charge in [0, 0.05) is 0 Å². The molecule has 0 aliphatic carbocycles. The Balaban J connectivity index is 2.96. The van der Waals surface area contributed by atoms with Crippen LogP contribution in [0.25, 0.3) is 0 Å². The Hall–Kier alpha value is -0.260. The van der Waals surface area contributed by atoms with Crippen LogP contribution in [0.3, 0.4) is 0 Å². The first kappa shape index (κ1) is 22.7. The van der Waals surface area contributed by atoms with Crippen molar-refractivity contribution in [2.45, 2.75) is 136 Å². The smallest absolute Gasteiger partial charge is 0.0351 e. The second-order valence-corrected chi connectivity index (χ2v) is 7.33. The van der Waals surface area contributed by atoms with Crippen LogP contribution >= 0.6 is 0 Å². The van der Waals surface area contributed by atoms with Crippen LogP contribution in [-0.4, -0.2) is 0 Å². The van der Waals surface area contributed by atoms with E-state index in [-0.39, 0.29) is 0 Å². The van der Waals surface area contributed by atoms with Crippen LogP contribution in [0, 0.1) is 0 Å². The van der Waals surface area contributed by atoms with Gasteiger partial charge in [0.05, 0.1) is 0 Å². The van der Waals surface area contributed by atoms with E-state index in [4.69, 9.17) is 0 Å². The van der Waals surface area contributed by atoms with E-state index in [0.717, 1.165) is 0 Å². The zero-order valence-electron chi connectivity index (χ0n) is 16.6. The van der Waals surface area contributed by atoms with Gasteiger partial charge in [0.2, 0.25) is 0 Å². The van der Waals surface area contributed by atoms with E-state index in [1.165, 1.54) is 122 Å². The van der Waals surface area contributed by atoms with Crippen molar-refractivity contribution >= 4 is 0 Å². The van der Waals surface area contributed by atoms with Crippen LogP contribution in [0.4, 0.5) is 0 Å². The van der Waals surface area contributed by atoms with Crippen LogP contribution in [0.2, 0.25) is 0 Å². The summed E-state index contributed by atoms with van der Waals surface area (Å²) in [7, 11) is 0. The summed E-state index contributed by atoms with van der Waals surface area (Å²) >= 11 is 0. The van der Waals surface area contributed by atoms with E-state index < -0.39 is 0 Å². The molecule has 0 heteroatoms. The highest BCUT2D eigenvalue weighted by molar-refractivity contribution is 4.79. The molecule has 0 rings (SSSR count). The number of hydrogen-bond acceptors (Lipinski definition) is 0. The molecule has 0 atom stereocenters. The quantitative estimate of drug-likeness (QED) is 0.164. The van der Waals surface area contributed by atoms with Crippen molar-refractivity contribution in [3.05, 3.63) is 12.2 Å². The van der Waals surface area contributed by atoms with Crippen LogP contribution < -0.4 is 0 Å². The molecule has 0 N–H and O–H groups in total. The van der Waals surface area contributed by atoms with Gasteiger partial charge < -0.3 is 0 Å². The van der Waals surface area contributed by atoms with E-state index in [0.29, 0.717) is 0 Å². The Morgan fingerprint density at radius 1 is 0.391 bits per heavy atom. The highest BCUT2D eigenvalue weighted by Gasteiger charge is 1.94. The number of rotatable bonds is 19. The van der Waals surface area contributed by atoms with Gasteiger partial charge in [0.15, 0.2) is 0 Å². The molecule has 0 aliphatic heterocycles. The maximum atomic E-state index is 2.35. The summed E-state index contributed by atoms with van der Waals surface area (Å²) in [5.41, 5.74) is 0. The van der Waals surface area contributed by atoms with Crippen molar-refractivity contribution < 1.29 is 0 Å². The van der Waals surface area contributed by atoms with E-state index in [1.807, 2.05) is 0 Å². The summed E-state index contributed by atoms with van der Waals surface area (Å²) in [5.74, 6) is 0. The highest BCUT2D eigenvalue weighted by atomic mass is 14.0. The average molecular weight is 323 g/mol. The molecule has 0 bridgehead atoms. The molecule has 0 aliphatic rings. The Labute approximate surface area is 148 Å². The van der Waals surface area contributed by atoms with Crippen molar-refractivity contribution in [1.29, 1.82) is 0 Å². The lowest BCUT2D eigenvalue weighted by atomic mass is 10.0. The van der Waals surface area contributed by atoms with Crippen LogP contribution in [-0.2, 0) is 0 Å². The molecule has 0 unspecified atom stereocenters. The Morgan fingerprint density at radius 3 is 1.09 bits per heavy atom. The molecule has 0 amide bonds. The fourth-order valence-electron chi connectivity index (χ4n) is 3.27. The SMILES string of the molecule is CC/C=C\CCCCCCCCCCCCCCCCCCC. The topological polar surface area (TPSA) is 0 Å². The lowest BCUT2D eigenvalue weighted by Gasteiger charge is -2.03. The average Bonchev–Trinajstić information content (AvgIpc) is 2.57. The highest BCUT2D eigenvalue weighted by Crippen LogP contribution is 2.14. The molecule has 0 saturated heterocycles. The van der Waals surface area contributed by atoms with Crippen molar-refractivity contribution in [1.82, 2.24) is 0 Å². The molecular weight excluding hydrogens is 276 g/mol. The summed E-state index contributed by atoms with van der Waals surface area (Å²) in [5, 5.41) is 0. The second-order valence-electron chi connectivity index (χ2n) is 7.33. The minimum Gasteiger partial charge on any atom is -0.0888 e. The molecule has 0 aromatic rings. The first-order valence-corrected chi connectivity index (χ1v) is 11.1. The maximum Gasteiger partial charge on any atom is -0.0351 e. The van der Waals surface area contributed by atoms with Crippen molar-refractivity contribution in [3.8, 4) is 0 Å². The molecule has 0 nitrogen and oxygen atoms in total. The lowest BCUT2D eigenvalue weighted by Crippen LogP contribution is -1.83. The third kappa shape index (κ3) is 21.7. The molecule has 23 heavy (non-hydrogen) atoms. The molecule has 0 aromatic carbocycles. The summed E-state index contributed by atoms with van der Waals surface area (Å²) in [6.07, 6.45) is 32.0. The molecule has 0 fully saturated rings. The number of hydrogen-bond donors (Lipinski definition) is 0. The van der Waals surface area contributed by atoms with Gasteiger partial charge in [-0.2, -0.15) is 0 Å². The molecule has 0 aromatic heterocycles. The molecule has 138 valence electrons. The van der Waals surface area contributed by atoms with E-state index in [9.17, 15) is 0 Å². The zero-order chi connectivity index (χ0) is 16.8. The maximum absolute atomic E-state index is 2.35. The monoisotopic (exact) mass is 322 g/mol. The van der Waals surface area contributed by atoms with Gasteiger partial charge in [-0.05, 0) is 19.3 Å². The van der Waals surface area contributed by atoms with Gasteiger partial charge in [-0.1, -0.05) is 129 Å². The second kappa shape index (κ2) is 21.7. The van der Waals surface area contributed by atoms with Crippen LogP contribution in [0.1, 0.15) is 136 Å².